The smallest absolute Gasteiger partial charge is 0.407 e. The van der Waals surface area contributed by atoms with Crippen molar-refractivity contribution in [1.82, 2.24) is 10.6 Å². The maximum Gasteiger partial charge on any atom is 0.407 e. The van der Waals surface area contributed by atoms with Crippen LogP contribution in [0.1, 0.15) is 38.3 Å². The van der Waals surface area contributed by atoms with Crippen LogP contribution in [0.25, 0.3) is 0 Å². The molecule has 31 heavy (non-hydrogen) atoms. The van der Waals surface area contributed by atoms with Crippen molar-refractivity contribution in [2.24, 2.45) is 0 Å². The fourth-order valence-electron chi connectivity index (χ4n) is 3.33. The molecule has 0 spiro atoms. The Morgan fingerprint density at radius 1 is 0.903 bits per heavy atom. The number of alkyl carbamates (subject to hydrolysis) is 1. The van der Waals surface area contributed by atoms with Crippen molar-refractivity contribution in [1.29, 1.82) is 0 Å². The number of ether oxygens (including phenoxy) is 1. The Hall–Kier alpha value is -3.06. The van der Waals surface area contributed by atoms with Crippen LogP contribution in [-0.2, 0) is 17.6 Å². The second-order valence-electron chi connectivity index (χ2n) is 8.58. The monoisotopic (exact) mass is 428 g/mol. The maximum atomic E-state index is 12.4. The number of hydrogen-bond donors (Lipinski definition) is 4. The van der Waals surface area contributed by atoms with E-state index in [9.17, 15) is 19.8 Å². The van der Waals surface area contributed by atoms with Gasteiger partial charge in [0.25, 0.3) is 0 Å². The van der Waals surface area contributed by atoms with Crippen molar-refractivity contribution in [2.75, 3.05) is 0 Å². The Morgan fingerprint density at radius 3 is 1.90 bits per heavy atom. The van der Waals surface area contributed by atoms with E-state index in [2.05, 4.69) is 10.6 Å². The molecule has 3 atom stereocenters. The molecular weight excluding hydrogens is 396 g/mol. The molecular formula is C24H32N2O5. The van der Waals surface area contributed by atoms with Crippen LogP contribution >= 0.6 is 0 Å². The first-order chi connectivity index (χ1) is 14.6. The first-order valence-corrected chi connectivity index (χ1v) is 10.4. The van der Waals surface area contributed by atoms with Crippen molar-refractivity contribution in [3.05, 3.63) is 71.8 Å². The van der Waals surface area contributed by atoms with Crippen LogP contribution < -0.4 is 10.6 Å². The van der Waals surface area contributed by atoms with Gasteiger partial charge in [0.15, 0.2) is 0 Å². The number of amides is 2. The van der Waals surface area contributed by atoms with Crippen LogP contribution in [0.5, 0.6) is 0 Å². The number of aliphatic hydroxyl groups is 1. The summed E-state index contributed by atoms with van der Waals surface area (Å²) < 4.78 is 5.37. The zero-order chi connectivity index (χ0) is 22.9. The molecule has 0 aliphatic heterocycles. The normalized spacial score (nSPS) is 14.2. The fourth-order valence-corrected chi connectivity index (χ4v) is 3.33. The number of nitrogens with one attached hydrogen (secondary N) is 2. The Labute approximate surface area is 183 Å². The molecule has 0 heterocycles. The van der Waals surface area contributed by atoms with Gasteiger partial charge < -0.3 is 25.6 Å². The van der Waals surface area contributed by atoms with Crippen molar-refractivity contribution in [3.8, 4) is 0 Å². The van der Waals surface area contributed by atoms with E-state index in [0.29, 0.717) is 12.8 Å². The van der Waals surface area contributed by atoms with Gasteiger partial charge in [0, 0.05) is 6.04 Å². The summed E-state index contributed by atoms with van der Waals surface area (Å²) in [6.45, 7) is 5.33. The van der Waals surface area contributed by atoms with Gasteiger partial charge in [0.2, 0.25) is 0 Å². The van der Waals surface area contributed by atoms with Crippen LogP contribution in [0.4, 0.5) is 9.59 Å². The maximum absolute atomic E-state index is 12.4. The lowest BCUT2D eigenvalue weighted by Gasteiger charge is -2.28. The van der Waals surface area contributed by atoms with Crippen LogP contribution in [0.3, 0.4) is 0 Å². The molecule has 0 aliphatic rings. The van der Waals surface area contributed by atoms with Gasteiger partial charge in [-0.1, -0.05) is 60.7 Å². The molecule has 2 aromatic rings. The van der Waals surface area contributed by atoms with E-state index in [1.54, 1.807) is 20.8 Å². The number of benzene rings is 2. The number of rotatable bonds is 9. The fraction of sp³-hybridized carbons (Fsp3) is 0.417. The average Bonchev–Trinajstić information content (AvgIpc) is 2.67. The highest BCUT2D eigenvalue weighted by molar-refractivity contribution is 5.68. The van der Waals surface area contributed by atoms with E-state index in [-0.39, 0.29) is 6.42 Å². The summed E-state index contributed by atoms with van der Waals surface area (Å²) in [6, 6.07) is 17.8. The summed E-state index contributed by atoms with van der Waals surface area (Å²) >= 11 is 0. The number of carbonyl (C=O) groups is 2. The molecule has 0 saturated carbocycles. The molecule has 168 valence electrons. The highest BCUT2D eigenvalue weighted by atomic mass is 16.6. The highest BCUT2D eigenvalue weighted by Gasteiger charge is 2.27. The third-order valence-corrected chi connectivity index (χ3v) is 4.64. The van der Waals surface area contributed by atoms with Crippen molar-refractivity contribution < 1.29 is 24.5 Å². The summed E-state index contributed by atoms with van der Waals surface area (Å²) in [5.74, 6) is 0. The minimum absolute atomic E-state index is 0.159. The minimum Gasteiger partial charge on any atom is -0.465 e. The summed E-state index contributed by atoms with van der Waals surface area (Å²) in [6.07, 6.45) is -1.83. The molecule has 0 bridgehead atoms. The second kappa shape index (κ2) is 11.4. The number of carboxylic acid groups (broad SMARTS) is 1. The van der Waals surface area contributed by atoms with E-state index in [0.717, 1.165) is 11.1 Å². The summed E-state index contributed by atoms with van der Waals surface area (Å²) in [7, 11) is 0. The lowest BCUT2D eigenvalue weighted by molar-refractivity contribution is 0.0467. The van der Waals surface area contributed by atoms with E-state index < -0.39 is 36.0 Å². The Bertz CT molecular complexity index is 821. The molecule has 0 unspecified atom stereocenters. The van der Waals surface area contributed by atoms with Gasteiger partial charge in [-0.2, -0.15) is 0 Å². The molecule has 0 fully saturated rings. The standard InChI is InChI=1S/C24H32N2O5/c1-24(2,3)31-23(30)25-19(14-17-10-6-4-7-11-17)16-21(27)20(26-22(28)29)15-18-12-8-5-9-13-18/h4-13,19-21,26-27H,14-16H2,1-3H3,(H,25,30)(H,28,29)/t19-,20-,21+/m0/s1. The van der Waals surface area contributed by atoms with Crippen molar-refractivity contribution in [2.45, 2.75) is 63.8 Å². The highest BCUT2D eigenvalue weighted by Crippen LogP contribution is 2.15. The predicted octanol–water partition coefficient (Wildman–Crippen LogP) is 3.75. The van der Waals surface area contributed by atoms with Crippen LogP contribution in [0, 0.1) is 0 Å². The Morgan fingerprint density at radius 2 is 1.42 bits per heavy atom. The van der Waals surface area contributed by atoms with Crippen LogP contribution in [0.2, 0.25) is 0 Å². The third kappa shape index (κ3) is 9.53. The second-order valence-corrected chi connectivity index (χ2v) is 8.58. The van der Waals surface area contributed by atoms with E-state index >= 15 is 0 Å². The van der Waals surface area contributed by atoms with Gasteiger partial charge in [0.1, 0.15) is 5.60 Å². The van der Waals surface area contributed by atoms with E-state index in [4.69, 9.17) is 4.74 Å². The molecule has 2 aromatic carbocycles. The Kier molecular flexibility index (Phi) is 8.88. The summed E-state index contributed by atoms with van der Waals surface area (Å²) in [5, 5.41) is 25.4. The zero-order valence-electron chi connectivity index (χ0n) is 18.2. The first-order valence-electron chi connectivity index (χ1n) is 10.4. The predicted molar refractivity (Wildman–Crippen MR) is 119 cm³/mol. The number of aliphatic hydroxyl groups excluding tert-OH is 1. The Balaban J connectivity index is 2.14. The minimum atomic E-state index is -1.21. The van der Waals surface area contributed by atoms with E-state index in [1.165, 1.54) is 0 Å². The molecule has 7 heteroatoms. The van der Waals surface area contributed by atoms with Crippen molar-refractivity contribution in [3.63, 3.8) is 0 Å². The molecule has 0 aromatic heterocycles. The molecule has 4 N–H and O–H groups in total. The zero-order valence-corrected chi connectivity index (χ0v) is 18.2. The summed E-state index contributed by atoms with van der Waals surface area (Å²) in [5.41, 5.74) is 1.24. The van der Waals surface area contributed by atoms with Gasteiger partial charge in [-0.3, -0.25) is 0 Å². The topological polar surface area (TPSA) is 108 Å². The first kappa shape index (κ1) is 24.2. The van der Waals surface area contributed by atoms with Crippen molar-refractivity contribution >= 4 is 12.2 Å². The number of carbonyl (C=O) groups excluding carboxylic acids is 1. The molecule has 2 amide bonds. The average molecular weight is 429 g/mol. The van der Waals surface area contributed by atoms with Gasteiger partial charge in [0.05, 0.1) is 12.1 Å². The molecule has 2 rings (SSSR count). The summed E-state index contributed by atoms with van der Waals surface area (Å²) in [4.78, 5) is 23.7. The molecule has 0 radical (unpaired) electrons. The third-order valence-electron chi connectivity index (χ3n) is 4.64. The molecule has 0 saturated heterocycles. The number of hydrogen-bond acceptors (Lipinski definition) is 4. The largest absolute Gasteiger partial charge is 0.465 e. The quantitative estimate of drug-likeness (QED) is 0.486. The lowest BCUT2D eigenvalue weighted by Crippen LogP contribution is -2.48. The van der Waals surface area contributed by atoms with E-state index in [1.807, 2.05) is 60.7 Å². The lowest BCUT2D eigenvalue weighted by atomic mass is 9.94. The van der Waals surface area contributed by atoms with Gasteiger partial charge >= 0.3 is 12.2 Å². The van der Waals surface area contributed by atoms with Gasteiger partial charge in [-0.05, 0) is 51.2 Å². The van der Waals surface area contributed by atoms with Crippen LogP contribution in [-0.4, -0.2) is 46.2 Å². The SMILES string of the molecule is CC(C)(C)OC(=O)N[C@@H](Cc1ccccc1)C[C@@H](O)[C@H](Cc1ccccc1)NC(=O)O. The van der Waals surface area contributed by atoms with Gasteiger partial charge in [-0.25, -0.2) is 9.59 Å². The molecule has 7 nitrogen and oxygen atoms in total. The molecule has 0 aliphatic carbocycles. The van der Waals surface area contributed by atoms with Crippen LogP contribution in [0.15, 0.2) is 60.7 Å². The van der Waals surface area contributed by atoms with Gasteiger partial charge in [-0.15, -0.1) is 0 Å².